The van der Waals surface area contributed by atoms with Crippen molar-refractivity contribution in [3.05, 3.63) is 35.9 Å². The first-order chi connectivity index (χ1) is 10.8. The first-order valence-electron chi connectivity index (χ1n) is 8.48. The highest BCUT2D eigenvalue weighted by molar-refractivity contribution is 5.24. The molecule has 1 saturated heterocycles. The van der Waals surface area contributed by atoms with Crippen LogP contribution in [0.3, 0.4) is 0 Å². The molecule has 0 aromatic heterocycles. The van der Waals surface area contributed by atoms with Crippen LogP contribution in [0.2, 0.25) is 0 Å². The summed E-state index contributed by atoms with van der Waals surface area (Å²) in [5, 5.41) is 8.19. The predicted octanol–water partition coefficient (Wildman–Crippen LogP) is 3.01. The summed E-state index contributed by atoms with van der Waals surface area (Å²) < 4.78 is 11.9. The van der Waals surface area contributed by atoms with E-state index in [1.807, 2.05) is 18.2 Å². The van der Waals surface area contributed by atoms with Crippen molar-refractivity contribution < 1.29 is 9.47 Å². The Kier molecular flexibility index (Phi) is 7.33. The Balaban J connectivity index is 2.02. The van der Waals surface area contributed by atoms with Gasteiger partial charge in [0.1, 0.15) is 0 Å². The van der Waals surface area contributed by atoms with Crippen LogP contribution < -0.4 is 10.6 Å². The summed E-state index contributed by atoms with van der Waals surface area (Å²) in [5.74, 6) is 0. The lowest BCUT2D eigenvalue weighted by atomic mass is 9.98. The number of methoxy groups -OCH3 is 1. The molecule has 2 atom stereocenters. The maximum atomic E-state index is 6.29. The maximum Gasteiger partial charge on any atom is 0.200 e. The van der Waals surface area contributed by atoms with Crippen LogP contribution in [0.5, 0.6) is 0 Å². The third kappa shape index (κ3) is 4.29. The Morgan fingerprint density at radius 1 is 1.18 bits per heavy atom. The van der Waals surface area contributed by atoms with Crippen LogP contribution in [0.4, 0.5) is 0 Å². The molecule has 4 heteroatoms. The number of rotatable bonds is 9. The van der Waals surface area contributed by atoms with Crippen LogP contribution in [0, 0.1) is 0 Å². The summed E-state index contributed by atoms with van der Waals surface area (Å²) in [5.41, 5.74) is 0.335. The van der Waals surface area contributed by atoms with E-state index in [0.717, 1.165) is 25.1 Å². The summed E-state index contributed by atoms with van der Waals surface area (Å²) in [6.45, 7) is 4.51. The van der Waals surface area contributed by atoms with E-state index in [1.165, 1.54) is 25.7 Å². The summed E-state index contributed by atoms with van der Waals surface area (Å²) in [4.78, 5) is 0. The molecular formula is C18H29N2O2. The average Bonchev–Trinajstić information content (AvgIpc) is 2.59. The number of hydrogen-bond acceptors (Lipinski definition) is 3. The molecule has 1 aliphatic heterocycles. The van der Waals surface area contributed by atoms with Gasteiger partial charge in [0.15, 0.2) is 12.0 Å². The third-order valence-electron chi connectivity index (χ3n) is 4.14. The Hall–Kier alpha value is -0.940. The second-order valence-corrected chi connectivity index (χ2v) is 5.78. The van der Waals surface area contributed by atoms with Gasteiger partial charge in [0.25, 0.3) is 0 Å². The Bertz CT molecular complexity index is 413. The molecule has 1 radical (unpaired) electrons. The van der Waals surface area contributed by atoms with Crippen LogP contribution in [0.15, 0.2) is 30.3 Å². The molecule has 1 heterocycles. The van der Waals surface area contributed by atoms with Gasteiger partial charge in [0.05, 0.1) is 0 Å². The van der Waals surface area contributed by atoms with Gasteiger partial charge >= 0.3 is 0 Å². The lowest BCUT2D eigenvalue weighted by Gasteiger charge is -2.43. The maximum absolute atomic E-state index is 6.29. The second-order valence-electron chi connectivity index (χ2n) is 5.78. The fourth-order valence-electron chi connectivity index (χ4n) is 2.94. The van der Waals surface area contributed by atoms with Gasteiger partial charge in [-0.05, 0) is 6.42 Å². The molecule has 0 bridgehead atoms. The SMILES string of the molecule is CCCCCCCOC1(c2ccccc2)[N]CCNC1OC. The van der Waals surface area contributed by atoms with Gasteiger partial charge in [0, 0.05) is 32.4 Å². The molecule has 1 aromatic carbocycles. The molecule has 1 fully saturated rings. The molecule has 123 valence electrons. The molecule has 2 unspecified atom stereocenters. The van der Waals surface area contributed by atoms with E-state index < -0.39 is 5.72 Å². The smallest absolute Gasteiger partial charge is 0.200 e. The van der Waals surface area contributed by atoms with E-state index in [4.69, 9.17) is 14.8 Å². The van der Waals surface area contributed by atoms with Gasteiger partial charge in [0.2, 0.25) is 0 Å². The van der Waals surface area contributed by atoms with Crippen LogP contribution in [-0.2, 0) is 15.2 Å². The number of piperazine rings is 1. The van der Waals surface area contributed by atoms with Crippen molar-refractivity contribution in [3.8, 4) is 0 Å². The Labute approximate surface area is 134 Å². The van der Waals surface area contributed by atoms with Gasteiger partial charge in [-0.1, -0.05) is 62.9 Å². The van der Waals surface area contributed by atoms with E-state index >= 15 is 0 Å². The molecule has 1 aliphatic rings. The van der Waals surface area contributed by atoms with E-state index in [1.54, 1.807) is 7.11 Å². The van der Waals surface area contributed by atoms with Crippen LogP contribution in [0.1, 0.15) is 44.6 Å². The minimum Gasteiger partial charge on any atom is -0.362 e. The second kappa shape index (κ2) is 9.26. The first kappa shape index (κ1) is 17.4. The van der Waals surface area contributed by atoms with Crippen molar-refractivity contribution >= 4 is 0 Å². The zero-order valence-electron chi connectivity index (χ0n) is 13.9. The van der Waals surface area contributed by atoms with Gasteiger partial charge in [-0.25, -0.2) is 0 Å². The highest BCUT2D eigenvalue weighted by atomic mass is 16.6. The van der Waals surface area contributed by atoms with Gasteiger partial charge in [-0.3, -0.25) is 5.32 Å². The molecule has 22 heavy (non-hydrogen) atoms. The Morgan fingerprint density at radius 2 is 1.95 bits per heavy atom. The predicted molar refractivity (Wildman–Crippen MR) is 88.6 cm³/mol. The monoisotopic (exact) mass is 305 g/mol. The number of hydrogen-bond donors (Lipinski definition) is 1. The molecule has 0 aliphatic carbocycles. The largest absolute Gasteiger partial charge is 0.362 e. The quantitative estimate of drug-likeness (QED) is 0.713. The van der Waals surface area contributed by atoms with Crippen molar-refractivity contribution in [2.24, 2.45) is 0 Å². The zero-order valence-corrected chi connectivity index (χ0v) is 13.9. The molecule has 2 rings (SSSR count). The minimum absolute atomic E-state index is 0.237. The number of ether oxygens (including phenoxy) is 2. The van der Waals surface area contributed by atoms with Crippen molar-refractivity contribution in [3.63, 3.8) is 0 Å². The third-order valence-corrected chi connectivity index (χ3v) is 4.14. The fourth-order valence-corrected chi connectivity index (χ4v) is 2.94. The Morgan fingerprint density at radius 3 is 2.68 bits per heavy atom. The number of nitrogens with zero attached hydrogens (tertiary/aromatic N) is 1. The highest BCUT2D eigenvalue weighted by Gasteiger charge is 2.45. The van der Waals surface area contributed by atoms with E-state index in [9.17, 15) is 0 Å². The van der Waals surface area contributed by atoms with Crippen molar-refractivity contribution in [1.29, 1.82) is 0 Å². The van der Waals surface area contributed by atoms with E-state index in [0.29, 0.717) is 6.61 Å². The molecule has 0 saturated carbocycles. The number of nitrogens with one attached hydrogen (secondary N) is 1. The van der Waals surface area contributed by atoms with Crippen molar-refractivity contribution in [2.75, 3.05) is 26.8 Å². The van der Waals surface area contributed by atoms with Crippen LogP contribution in [0.25, 0.3) is 0 Å². The molecule has 0 spiro atoms. The van der Waals surface area contributed by atoms with Gasteiger partial charge < -0.3 is 9.47 Å². The van der Waals surface area contributed by atoms with Crippen molar-refractivity contribution in [1.82, 2.24) is 10.6 Å². The minimum atomic E-state index is -0.723. The normalized spacial score (nSPS) is 25.3. The average molecular weight is 305 g/mol. The lowest BCUT2D eigenvalue weighted by Crippen LogP contribution is -2.62. The fraction of sp³-hybridized carbons (Fsp3) is 0.667. The number of benzene rings is 1. The standard InChI is InChI=1S/C18H29N2O2/c1-3-4-5-6-10-15-22-18(16-11-8-7-9-12-16)17(21-2)19-13-14-20-18/h7-9,11-12,17,19H,3-6,10,13-15H2,1-2H3. The van der Waals surface area contributed by atoms with E-state index in [-0.39, 0.29) is 6.23 Å². The molecule has 4 nitrogen and oxygen atoms in total. The number of unbranched alkanes of at least 4 members (excludes halogenated alkanes) is 4. The highest BCUT2D eigenvalue weighted by Crippen LogP contribution is 2.30. The molecule has 1 N–H and O–H groups in total. The van der Waals surface area contributed by atoms with Crippen LogP contribution >= 0.6 is 0 Å². The van der Waals surface area contributed by atoms with Crippen LogP contribution in [-0.4, -0.2) is 33.0 Å². The zero-order chi connectivity index (χ0) is 15.7. The van der Waals surface area contributed by atoms with Crippen molar-refractivity contribution in [2.45, 2.75) is 51.0 Å². The lowest BCUT2D eigenvalue weighted by molar-refractivity contribution is -0.188. The summed E-state index contributed by atoms with van der Waals surface area (Å²) in [6, 6.07) is 10.2. The van der Waals surface area contributed by atoms with Gasteiger partial charge in [-0.2, -0.15) is 5.32 Å². The molecule has 1 aromatic rings. The van der Waals surface area contributed by atoms with Gasteiger partial charge in [-0.15, -0.1) is 0 Å². The summed E-state index contributed by atoms with van der Waals surface area (Å²) >= 11 is 0. The summed E-state index contributed by atoms with van der Waals surface area (Å²) in [7, 11) is 1.71. The molecular weight excluding hydrogens is 276 g/mol. The van der Waals surface area contributed by atoms with E-state index in [2.05, 4.69) is 24.4 Å². The topological polar surface area (TPSA) is 44.6 Å². The first-order valence-corrected chi connectivity index (χ1v) is 8.48. The summed E-state index contributed by atoms with van der Waals surface area (Å²) in [6.07, 6.45) is 5.89. The molecule has 0 amide bonds.